The molecule has 2 heterocycles. The summed E-state index contributed by atoms with van der Waals surface area (Å²) in [6, 6.07) is 2.91. The van der Waals surface area contributed by atoms with Crippen molar-refractivity contribution in [2.75, 3.05) is 18.6 Å². The Morgan fingerprint density at radius 2 is 2.38 bits per heavy atom. The summed E-state index contributed by atoms with van der Waals surface area (Å²) in [5, 5.41) is 7.94. The van der Waals surface area contributed by atoms with E-state index in [0.717, 1.165) is 24.6 Å². The van der Waals surface area contributed by atoms with Gasteiger partial charge in [0.05, 0.1) is 5.69 Å². The average Bonchev–Trinajstić information content (AvgIpc) is 2.85. The molecule has 0 radical (unpaired) electrons. The molecular weight excluding hydrogens is 218 g/mol. The highest BCUT2D eigenvalue weighted by atomic mass is 32.2. The maximum absolute atomic E-state index is 4.51. The van der Waals surface area contributed by atoms with Crippen LogP contribution in [-0.4, -0.2) is 34.4 Å². The lowest BCUT2D eigenvalue weighted by molar-refractivity contribution is 0.438. The molecule has 3 nitrogen and oxygen atoms in total. The van der Waals surface area contributed by atoms with E-state index >= 15 is 0 Å². The van der Waals surface area contributed by atoms with Crippen LogP contribution in [0.5, 0.6) is 0 Å². The van der Waals surface area contributed by atoms with Gasteiger partial charge in [0.25, 0.3) is 0 Å². The van der Waals surface area contributed by atoms with Gasteiger partial charge in [0.2, 0.25) is 0 Å². The minimum absolute atomic E-state index is 0.672. The maximum atomic E-state index is 4.51. The number of thioether (sulfide) groups is 1. The second-order valence-corrected chi connectivity index (χ2v) is 5.56. The normalized spacial score (nSPS) is 25.2. The van der Waals surface area contributed by atoms with Gasteiger partial charge in [-0.05, 0) is 45.1 Å². The van der Waals surface area contributed by atoms with Crippen molar-refractivity contribution >= 4 is 11.8 Å². The number of hydrogen-bond donors (Lipinski definition) is 1. The van der Waals surface area contributed by atoms with Crippen LogP contribution >= 0.6 is 11.8 Å². The van der Waals surface area contributed by atoms with Crippen LogP contribution in [0.1, 0.15) is 18.3 Å². The molecule has 1 aliphatic heterocycles. The van der Waals surface area contributed by atoms with E-state index in [1.165, 1.54) is 17.2 Å². The lowest BCUT2D eigenvalue weighted by Crippen LogP contribution is -2.33. The molecule has 0 saturated carbocycles. The van der Waals surface area contributed by atoms with Crippen LogP contribution in [0.4, 0.5) is 0 Å². The van der Waals surface area contributed by atoms with Crippen LogP contribution in [0.15, 0.2) is 6.07 Å². The summed E-state index contributed by atoms with van der Waals surface area (Å²) >= 11 is 2.06. The Labute approximate surface area is 102 Å². The Hall–Kier alpha value is -0.480. The van der Waals surface area contributed by atoms with Crippen molar-refractivity contribution in [2.24, 2.45) is 5.92 Å². The molecule has 0 aliphatic carbocycles. The van der Waals surface area contributed by atoms with Crippen LogP contribution in [0.25, 0.3) is 0 Å². The first kappa shape index (κ1) is 12.0. The van der Waals surface area contributed by atoms with Crippen molar-refractivity contribution < 1.29 is 0 Å². The van der Waals surface area contributed by atoms with E-state index in [9.17, 15) is 0 Å². The van der Waals surface area contributed by atoms with Crippen LogP contribution < -0.4 is 5.32 Å². The van der Waals surface area contributed by atoms with E-state index in [0.29, 0.717) is 6.04 Å². The number of rotatable bonds is 4. The minimum Gasteiger partial charge on any atom is -0.316 e. The standard InChI is InChI=1S/C12H21N3S/c1-4-15-11(5-9(2)14-15)6-10-7-16-8-12(10)13-3/h5,10,12-13H,4,6-8H2,1-3H3. The molecule has 1 aromatic heterocycles. The summed E-state index contributed by atoms with van der Waals surface area (Å²) < 4.78 is 2.14. The summed E-state index contributed by atoms with van der Waals surface area (Å²) in [5.74, 6) is 3.29. The van der Waals surface area contributed by atoms with E-state index in [2.05, 4.69) is 53.8 Å². The molecule has 1 saturated heterocycles. The lowest BCUT2D eigenvalue weighted by Gasteiger charge is -2.18. The Morgan fingerprint density at radius 1 is 1.56 bits per heavy atom. The molecule has 1 aliphatic rings. The SMILES string of the molecule is CCn1nc(C)cc1CC1CSCC1NC. The van der Waals surface area contributed by atoms with Gasteiger partial charge in [-0.3, -0.25) is 4.68 Å². The molecule has 90 valence electrons. The minimum atomic E-state index is 0.672. The van der Waals surface area contributed by atoms with Gasteiger partial charge in [-0.15, -0.1) is 0 Å². The van der Waals surface area contributed by atoms with Gasteiger partial charge in [0.1, 0.15) is 0 Å². The zero-order valence-electron chi connectivity index (χ0n) is 10.4. The third-order valence-corrected chi connectivity index (χ3v) is 4.58. The van der Waals surface area contributed by atoms with Crippen LogP contribution in [0, 0.1) is 12.8 Å². The van der Waals surface area contributed by atoms with Gasteiger partial charge in [-0.25, -0.2) is 0 Å². The Kier molecular flexibility index (Phi) is 3.92. The molecule has 4 heteroatoms. The predicted molar refractivity (Wildman–Crippen MR) is 70.0 cm³/mol. The van der Waals surface area contributed by atoms with Crippen LogP contribution in [0.2, 0.25) is 0 Å². The van der Waals surface area contributed by atoms with E-state index in [4.69, 9.17) is 0 Å². The molecule has 1 N–H and O–H groups in total. The average molecular weight is 239 g/mol. The number of aryl methyl sites for hydroxylation is 2. The fourth-order valence-electron chi connectivity index (χ4n) is 2.42. The molecule has 0 spiro atoms. The van der Waals surface area contributed by atoms with Crippen molar-refractivity contribution in [3.8, 4) is 0 Å². The summed E-state index contributed by atoms with van der Waals surface area (Å²) in [4.78, 5) is 0. The molecule has 1 aromatic rings. The van der Waals surface area contributed by atoms with E-state index in [1.54, 1.807) is 0 Å². The molecule has 0 aromatic carbocycles. The quantitative estimate of drug-likeness (QED) is 0.867. The van der Waals surface area contributed by atoms with Crippen LogP contribution in [0.3, 0.4) is 0 Å². The topological polar surface area (TPSA) is 29.9 Å². The largest absolute Gasteiger partial charge is 0.316 e. The first-order valence-electron chi connectivity index (χ1n) is 6.03. The van der Waals surface area contributed by atoms with Gasteiger partial charge < -0.3 is 5.32 Å². The van der Waals surface area contributed by atoms with E-state index in [1.807, 2.05) is 0 Å². The fraction of sp³-hybridized carbons (Fsp3) is 0.750. The second kappa shape index (κ2) is 5.23. The highest BCUT2D eigenvalue weighted by Gasteiger charge is 2.27. The first-order chi connectivity index (χ1) is 7.74. The Morgan fingerprint density at radius 3 is 3.06 bits per heavy atom. The van der Waals surface area contributed by atoms with Gasteiger partial charge in [-0.1, -0.05) is 0 Å². The number of nitrogens with zero attached hydrogens (tertiary/aromatic N) is 2. The highest BCUT2D eigenvalue weighted by Crippen LogP contribution is 2.27. The third-order valence-electron chi connectivity index (χ3n) is 3.33. The fourth-order valence-corrected chi connectivity index (χ4v) is 3.91. The number of aromatic nitrogens is 2. The zero-order valence-corrected chi connectivity index (χ0v) is 11.2. The summed E-state index contributed by atoms with van der Waals surface area (Å²) in [6.07, 6.45) is 1.16. The Balaban J connectivity index is 2.07. The highest BCUT2D eigenvalue weighted by molar-refractivity contribution is 7.99. The molecule has 2 unspecified atom stereocenters. The molecule has 0 bridgehead atoms. The first-order valence-corrected chi connectivity index (χ1v) is 7.18. The van der Waals surface area contributed by atoms with Crippen LogP contribution in [-0.2, 0) is 13.0 Å². The van der Waals surface area contributed by atoms with E-state index < -0.39 is 0 Å². The Bertz CT molecular complexity index is 348. The molecule has 2 rings (SSSR count). The van der Waals surface area contributed by atoms with E-state index in [-0.39, 0.29) is 0 Å². The van der Waals surface area contributed by atoms with Crippen molar-refractivity contribution in [2.45, 2.75) is 32.9 Å². The van der Waals surface area contributed by atoms with Gasteiger partial charge in [0, 0.05) is 24.0 Å². The summed E-state index contributed by atoms with van der Waals surface area (Å²) in [6.45, 7) is 5.22. The zero-order chi connectivity index (χ0) is 11.5. The number of hydrogen-bond acceptors (Lipinski definition) is 3. The number of nitrogens with one attached hydrogen (secondary N) is 1. The monoisotopic (exact) mass is 239 g/mol. The van der Waals surface area contributed by atoms with Crippen molar-refractivity contribution in [1.29, 1.82) is 0 Å². The van der Waals surface area contributed by atoms with Gasteiger partial charge >= 0.3 is 0 Å². The van der Waals surface area contributed by atoms with Crippen molar-refractivity contribution in [3.05, 3.63) is 17.5 Å². The maximum Gasteiger partial charge on any atom is 0.0596 e. The summed E-state index contributed by atoms with van der Waals surface area (Å²) in [7, 11) is 2.08. The smallest absolute Gasteiger partial charge is 0.0596 e. The third kappa shape index (κ3) is 2.43. The second-order valence-electron chi connectivity index (χ2n) is 4.49. The molecule has 1 fully saturated rings. The molecule has 0 amide bonds. The predicted octanol–water partition coefficient (Wildman–Crippen LogP) is 1.70. The van der Waals surface area contributed by atoms with Crippen molar-refractivity contribution in [3.63, 3.8) is 0 Å². The lowest BCUT2D eigenvalue weighted by atomic mass is 9.98. The van der Waals surface area contributed by atoms with Crippen molar-refractivity contribution in [1.82, 2.24) is 15.1 Å². The van der Waals surface area contributed by atoms with Gasteiger partial charge in [-0.2, -0.15) is 16.9 Å². The molecular formula is C12H21N3S. The summed E-state index contributed by atoms with van der Waals surface area (Å²) in [5.41, 5.74) is 2.54. The molecule has 2 atom stereocenters. The molecule has 16 heavy (non-hydrogen) atoms. The van der Waals surface area contributed by atoms with Gasteiger partial charge in [0.15, 0.2) is 0 Å².